The van der Waals surface area contributed by atoms with Crippen molar-refractivity contribution in [3.05, 3.63) is 95.1 Å². The van der Waals surface area contributed by atoms with Crippen LogP contribution in [0.2, 0.25) is 0 Å². The molecule has 0 radical (unpaired) electrons. The number of nitrogen functional groups attached to an aromatic ring is 1. The van der Waals surface area contributed by atoms with Crippen molar-refractivity contribution in [1.29, 1.82) is 0 Å². The molecule has 0 aromatic heterocycles. The molecule has 2 aliphatic heterocycles. The smallest absolute Gasteiger partial charge is 0.407 e. The molecule has 5 rings (SSSR count). The highest BCUT2D eigenvalue weighted by Crippen LogP contribution is 2.33. The van der Waals surface area contributed by atoms with E-state index >= 15 is 0 Å². The molecule has 3 aromatic carbocycles. The van der Waals surface area contributed by atoms with Crippen LogP contribution in [0.5, 0.6) is 5.75 Å². The number of nitrogens with two attached hydrogens (primary N) is 1. The molecule has 3 unspecified atom stereocenters. The Morgan fingerprint density at radius 3 is 2.27 bits per heavy atom. The lowest BCUT2D eigenvalue weighted by Gasteiger charge is -2.29. The van der Waals surface area contributed by atoms with Gasteiger partial charge in [-0.05, 0) is 73.9 Å². The Hall–Kier alpha value is -4.12. The van der Waals surface area contributed by atoms with Crippen molar-refractivity contribution in [2.75, 3.05) is 25.6 Å². The highest BCUT2D eigenvalue weighted by molar-refractivity contribution is 5.78. The van der Waals surface area contributed by atoms with Crippen LogP contribution in [-0.4, -0.2) is 67.5 Å². The van der Waals surface area contributed by atoms with Gasteiger partial charge in [0.25, 0.3) is 5.91 Å². The van der Waals surface area contributed by atoms with Crippen LogP contribution in [0, 0.1) is 19.8 Å². The van der Waals surface area contributed by atoms with Gasteiger partial charge in [-0.15, -0.1) is 0 Å². The minimum atomic E-state index is -1.00. The van der Waals surface area contributed by atoms with Crippen LogP contribution >= 0.6 is 0 Å². The van der Waals surface area contributed by atoms with Gasteiger partial charge in [0.1, 0.15) is 11.9 Å². The lowest BCUT2D eigenvalue weighted by molar-refractivity contribution is -0.124. The van der Waals surface area contributed by atoms with Crippen LogP contribution in [0.3, 0.4) is 0 Å². The number of alkyl carbamates (subject to hydrolysis) is 1. The van der Waals surface area contributed by atoms with Gasteiger partial charge in [-0.1, -0.05) is 60.7 Å². The summed E-state index contributed by atoms with van der Waals surface area (Å²) in [5.74, 6) is 0.301. The number of carbonyl (C=O) groups is 2. The summed E-state index contributed by atoms with van der Waals surface area (Å²) in [6.07, 6.45) is -0.575. The van der Waals surface area contributed by atoms with Gasteiger partial charge in [0, 0.05) is 11.7 Å². The summed E-state index contributed by atoms with van der Waals surface area (Å²) in [6, 6.07) is 21.9. The van der Waals surface area contributed by atoms with E-state index in [9.17, 15) is 14.7 Å². The van der Waals surface area contributed by atoms with E-state index < -0.39 is 30.4 Å². The van der Waals surface area contributed by atoms with Crippen LogP contribution in [0.15, 0.2) is 72.8 Å². The van der Waals surface area contributed by atoms with Crippen LogP contribution < -0.4 is 21.1 Å². The van der Waals surface area contributed by atoms with E-state index in [0.717, 1.165) is 28.7 Å². The summed E-state index contributed by atoms with van der Waals surface area (Å²) in [7, 11) is 0. The Kier molecular flexibility index (Phi) is 10.9. The molecule has 10 heteroatoms. The molecule has 0 saturated carbocycles. The number of carbonyl (C=O) groups excluding carboxylic acids is 2. The van der Waals surface area contributed by atoms with Gasteiger partial charge in [0.15, 0.2) is 12.9 Å². The molecular weight excluding hydrogens is 574 g/mol. The molecule has 0 spiro atoms. The molecule has 0 bridgehead atoms. The van der Waals surface area contributed by atoms with Crippen LogP contribution in [0.25, 0.3) is 0 Å². The number of anilines is 1. The number of aryl methyl sites for hydroxylation is 2. The van der Waals surface area contributed by atoms with Gasteiger partial charge in [-0.2, -0.15) is 0 Å². The Balaban J connectivity index is 1.26. The fourth-order valence-corrected chi connectivity index (χ4v) is 6.19. The van der Waals surface area contributed by atoms with Gasteiger partial charge in [-0.25, -0.2) is 4.79 Å². The minimum Gasteiger partial charge on any atom is -0.483 e. The van der Waals surface area contributed by atoms with Crippen molar-refractivity contribution in [2.45, 2.75) is 70.1 Å². The highest BCUT2D eigenvalue weighted by Gasteiger charge is 2.44. The van der Waals surface area contributed by atoms with E-state index in [-0.39, 0.29) is 37.7 Å². The zero-order valence-electron chi connectivity index (χ0n) is 25.8. The molecule has 6 atom stereocenters. The molecule has 2 saturated heterocycles. The largest absolute Gasteiger partial charge is 0.483 e. The molecule has 45 heavy (non-hydrogen) atoms. The summed E-state index contributed by atoms with van der Waals surface area (Å²) in [5.41, 5.74) is 10.2. The summed E-state index contributed by atoms with van der Waals surface area (Å²) in [5, 5.41) is 17.5. The predicted molar refractivity (Wildman–Crippen MR) is 170 cm³/mol. The minimum absolute atomic E-state index is 0.00162. The Bertz CT molecular complexity index is 1400. The van der Waals surface area contributed by atoms with Crippen molar-refractivity contribution in [2.24, 2.45) is 5.92 Å². The first-order chi connectivity index (χ1) is 21.7. The molecular formula is C35H43N3O7. The molecule has 5 N–H and O–H groups in total. The number of aliphatic hydroxyl groups excluding tert-OH is 1. The number of amides is 2. The first-order valence-electron chi connectivity index (χ1n) is 15.5. The second-order valence-corrected chi connectivity index (χ2v) is 11.9. The van der Waals surface area contributed by atoms with Gasteiger partial charge < -0.3 is 40.4 Å². The Morgan fingerprint density at radius 2 is 1.60 bits per heavy atom. The monoisotopic (exact) mass is 617 g/mol. The zero-order valence-corrected chi connectivity index (χ0v) is 25.8. The quantitative estimate of drug-likeness (QED) is 0.212. The fraction of sp³-hybridized carbons (Fsp3) is 0.429. The van der Waals surface area contributed by atoms with E-state index in [4.69, 9.17) is 24.7 Å². The van der Waals surface area contributed by atoms with E-state index in [1.807, 2.05) is 74.5 Å². The lowest BCUT2D eigenvalue weighted by atomic mass is 9.93. The zero-order chi connectivity index (χ0) is 31.8. The van der Waals surface area contributed by atoms with Crippen molar-refractivity contribution >= 4 is 17.7 Å². The maximum absolute atomic E-state index is 13.2. The number of hydrogen-bond acceptors (Lipinski definition) is 8. The molecule has 2 heterocycles. The third-order valence-corrected chi connectivity index (χ3v) is 8.36. The third-order valence-electron chi connectivity index (χ3n) is 8.36. The number of ether oxygens (including phenoxy) is 4. The van der Waals surface area contributed by atoms with E-state index in [0.29, 0.717) is 30.9 Å². The van der Waals surface area contributed by atoms with Crippen molar-refractivity contribution in [3.8, 4) is 5.75 Å². The van der Waals surface area contributed by atoms with Crippen molar-refractivity contribution in [3.63, 3.8) is 0 Å². The standard InChI is InChI=1S/C35H43N3O7/c1-22-15-26(36)16-23(2)33(22)43-21-32(40)37-27(17-24-9-5-3-6-10-24)19-30(39)29(18-25-11-7-4-8-12-25)38-35(41)45-31-20-44-34-28(31)13-14-42-34/h3-12,15-16,27-31,34,39H,13-14,17-21,36H2,1-2H3,(H,37,40)(H,38,41)/t27-,28?,29-,30-,31?,34?/m0/s1. The third kappa shape index (κ3) is 8.97. The SMILES string of the molecule is Cc1cc(N)cc(C)c1OCC(=O)N[C@@H](Cc1ccccc1)C[C@H](O)[C@H](Cc1ccccc1)NC(=O)OC1COC2OCCC12. The maximum atomic E-state index is 13.2. The van der Waals surface area contributed by atoms with Crippen LogP contribution in [0.4, 0.5) is 10.5 Å². The average molecular weight is 618 g/mol. The van der Waals surface area contributed by atoms with Crippen LogP contribution in [0.1, 0.15) is 35.1 Å². The predicted octanol–water partition coefficient (Wildman–Crippen LogP) is 3.84. The fourth-order valence-electron chi connectivity index (χ4n) is 6.19. The Labute approximate surface area is 264 Å². The number of nitrogens with one attached hydrogen (secondary N) is 2. The summed E-state index contributed by atoms with van der Waals surface area (Å²) < 4.78 is 22.8. The molecule has 2 amide bonds. The molecule has 0 aliphatic carbocycles. The summed E-state index contributed by atoms with van der Waals surface area (Å²) in [6.45, 7) is 4.42. The van der Waals surface area contributed by atoms with Gasteiger partial charge in [0.05, 0.1) is 31.3 Å². The maximum Gasteiger partial charge on any atom is 0.407 e. The average Bonchev–Trinajstić information content (AvgIpc) is 3.62. The first kappa shape index (κ1) is 32.3. The molecule has 2 fully saturated rings. The van der Waals surface area contributed by atoms with Crippen LogP contribution in [-0.2, 0) is 31.8 Å². The molecule has 3 aromatic rings. The number of rotatable bonds is 13. The van der Waals surface area contributed by atoms with Gasteiger partial charge in [-0.3, -0.25) is 4.79 Å². The number of hydrogen-bond donors (Lipinski definition) is 4. The van der Waals surface area contributed by atoms with Gasteiger partial charge >= 0.3 is 6.09 Å². The second kappa shape index (κ2) is 15.2. The first-order valence-corrected chi connectivity index (χ1v) is 15.5. The van der Waals surface area contributed by atoms with Gasteiger partial charge in [0.2, 0.25) is 0 Å². The molecule has 2 aliphatic rings. The number of fused-ring (bicyclic) bond motifs is 1. The Morgan fingerprint density at radius 1 is 0.956 bits per heavy atom. The van der Waals surface area contributed by atoms with E-state index in [2.05, 4.69) is 10.6 Å². The second-order valence-electron chi connectivity index (χ2n) is 11.9. The highest BCUT2D eigenvalue weighted by atomic mass is 16.7. The normalized spacial score (nSPS) is 20.9. The number of aliphatic hydroxyl groups is 1. The van der Waals surface area contributed by atoms with E-state index in [1.54, 1.807) is 12.1 Å². The summed E-state index contributed by atoms with van der Waals surface area (Å²) in [4.78, 5) is 26.3. The molecule has 240 valence electrons. The van der Waals surface area contributed by atoms with Crippen molar-refractivity contribution in [1.82, 2.24) is 10.6 Å². The van der Waals surface area contributed by atoms with Crippen molar-refractivity contribution < 1.29 is 33.6 Å². The molecule has 10 nitrogen and oxygen atoms in total. The topological polar surface area (TPSA) is 141 Å². The lowest BCUT2D eigenvalue weighted by Crippen LogP contribution is -2.50. The van der Waals surface area contributed by atoms with E-state index in [1.165, 1.54) is 0 Å². The number of benzene rings is 3. The summed E-state index contributed by atoms with van der Waals surface area (Å²) >= 11 is 0.